The summed E-state index contributed by atoms with van der Waals surface area (Å²) in [4.78, 5) is 24.1. The highest BCUT2D eigenvalue weighted by molar-refractivity contribution is 7.18. The van der Waals surface area contributed by atoms with Crippen LogP contribution in [-0.4, -0.2) is 52.9 Å². The standard InChI is InChI=1S/C22H29N3O3S/c1-15(2)19-12-18-21(27)23-20(24-22(18)29-19)14-25(9-10-28-3)13-17(26)11-16-7-5-4-6-8-16/h4-8,12,15,17,26H,9-11,13-14H2,1-3H3,(H,23,24,27). The lowest BCUT2D eigenvalue weighted by Crippen LogP contribution is -2.36. The molecule has 0 aliphatic heterocycles. The van der Waals surface area contributed by atoms with Gasteiger partial charge in [-0.3, -0.25) is 9.69 Å². The van der Waals surface area contributed by atoms with E-state index in [4.69, 9.17) is 4.74 Å². The molecule has 0 saturated heterocycles. The second-order valence-electron chi connectivity index (χ2n) is 7.61. The Morgan fingerprint density at radius 1 is 1.28 bits per heavy atom. The summed E-state index contributed by atoms with van der Waals surface area (Å²) in [6.45, 7) is 6.34. The second-order valence-corrected chi connectivity index (χ2v) is 8.67. The first-order chi connectivity index (χ1) is 14.0. The number of rotatable bonds is 10. The fraction of sp³-hybridized carbons (Fsp3) is 0.455. The number of thiophene rings is 1. The molecule has 0 spiro atoms. The lowest BCUT2D eigenvalue weighted by atomic mass is 10.1. The summed E-state index contributed by atoms with van der Waals surface area (Å²) >= 11 is 1.57. The highest BCUT2D eigenvalue weighted by Crippen LogP contribution is 2.27. The van der Waals surface area contributed by atoms with Crippen LogP contribution in [0.1, 0.15) is 36.0 Å². The van der Waals surface area contributed by atoms with Crippen LogP contribution in [0, 0.1) is 0 Å². The molecule has 1 atom stereocenters. The largest absolute Gasteiger partial charge is 0.391 e. The molecule has 156 valence electrons. The molecule has 6 nitrogen and oxygen atoms in total. The summed E-state index contributed by atoms with van der Waals surface area (Å²) in [7, 11) is 1.66. The molecule has 3 rings (SSSR count). The van der Waals surface area contributed by atoms with E-state index in [9.17, 15) is 9.90 Å². The number of hydrogen-bond donors (Lipinski definition) is 2. The molecule has 29 heavy (non-hydrogen) atoms. The lowest BCUT2D eigenvalue weighted by Gasteiger charge is -2.24. The van der Waals surface area contributed by atoms with Gasteiger partial charge in [0.05, 0.1) is 24.6 Å². The molecule has 0 bridgehead atoms. The molecule has 2 aromatic heterocycles. The minimum atomic E-state index is -0.515. The Bertz CT molecular complexity index is 968. The van der Waals surface area contributed by atoms with Crippen LogP contribution < -0.4 is 5.56 Å². The first kappa shape index (κ1) is 21.6. The zero-order valence-electron chi connectivity index (χ0n) is 17.2. The van der Waals surface area contributed by atoms with E-state index in [2.05, 4.69) is 28.7 Å². The molecule has 1 aromatic carbocycles. The SMILES string of the molecule is COCCN(Cc1nc2sc(C(C)C)cc2c(=O)[nH]1)CC(O)Cc1ccccc1. The summed E-state index contributed by atoms with van der Waals surface area (Å²) in [5, 5.41) is 11.2. The maximum Gasteiger partial charge on any atom is 0.259 e. The number of aromatic nitrogens is 2. The van der Waals surface area contributed by atoms with E-state index in [1.54, 1.807) is 18.4 Å². The first-order valence-corrected chi connectivity index (χ1v) is 10.7. The number of ether oxygens (including phenoxy) is 1. The van der Waals surface area contributed by atoms with Crippen molar-refractivity contribution in [1.29, 1.82) is 0 Å². The number of methoxy groups -OCH3 is 1. The van der Waals surface area contributed by atoms with E-state index in [-0.39, 0.29) is 5.56 Å². The Kier molecular flexibility index (Phi) is 7.55. The van der Waals surface area contributed by atoms with Gasteiger partial charge in [-0.25, -0.2) is 4.98 Å². The van der Waals surface area contributed by atoms with Crippen LogP contribution in [-0.2, 0) is 17.7 Å². The van der Waals surface area contributed by atoms with Crippen molar-refractivity contribution in [3.63, 3.8) is 0 Å². The van der Waals surface area contributed by atoms with E-state index in [0.717, 1.165) is 15.3 Å². The predicted molar refractivity (Wildman–Crippen MR) is 118 cm³/mol. The Morgan fingerprint density at radius 2 is 2.03 bits per heavy atom. The smallest absolute Gasteiger partial charge is 0.259 e. The fourth-order valence-corrected chi connectivity index (χ4v) is 4.32. The number of aliphatic hydroxyl groups is 1. The fourth-order valence-electron chi connectivity index (χ4n) is 3.27. The third-order valence-electron chi connectivity index (χ3n) is 4.81. The monoisotopic (exact) mass is 415 g/mol. The van der Waals surface area contributed by atoms with Gasteiger partial charge in [0.1, 0.15) is 10.7 Å². The molecular formula is C22H29N3O3S. The third kappa shape index (κ3) is 5.96. The maximum atomic E-state index is 12.5. The van der Waals surface area contributed by atoms with Crippen molar-refractivity contribution in [3.05, 3.63) is 63.0 Å². The summed E-state index contributed by atoms with van der Waals surface area (Å²) < 4.78 is 5.22. The van der Waals surface area contributed by atoms with Gasteiger partial charge in [-0.15, -0.1) is 11.3 Å². The molecule has 0 radical (unpaired) electrons. The van der Waals surface area contributed by atoms with E-state index in [0.29, 0.717) is 49.8 Å². The van der Waals surface area contributed by atoms with Gasteiger partial charge in [-0.05, 0) is 24.0 Å². The molecule has 1 unspecified atom stereocenters. The minimum Gasteiger partial charge on any atom is -0.391 e. The normalized spacial score (nSPS) is 12.9. The van der Waals surface area contributed by atoms with Gasteiger partial charge in [0.2, 0.25) is 0 Å². The van der Waals surface area contributed by atoms with E-state index in [1.165, 1.54) is 0 Å². The maximum absolute atomic E-state index is 12.5. The number of fused-ring (bicyclic) bond motifs is 1. The van der Waals surface area contributed by atoms with Gasteiger partial charge in [0.15, 0.2) is 0 Å². The number of benzene rings is 1. The summed E-state index contributed by atoms with van der Waals surface area (Å²) in [5.41, 5.74) is 0.990. The van der Waals surface area contributed by atoms with Crippen molar-refractivity contribution in [2.45, 2.75) is 38.8 Å². The molecule has 2 heterocycles. The first-order valence-electron chi connectivity index (χ1n) is 9.92. The highest BCUT2D eigenvalue weighted by Gasteiger charge is 2.16. The van der Waals surface area contributed by atoms with Gasteiger partial charge in [0.25, 0.3) is 5.56 Å². The zero-order valence-corrected chi connectivity index (χ0v) is 18.0. The van der Waals surface area contributed by atoms with Crippen LogP contribution in [0.4, 0.5) is 0 Å². The van der Waals surface area contributed by atoms with Gasteiger partial charge in [-0.1, -0.05) is 44.2 Å². The second kappa shape index (κ2) is 10.1. The Hall–Kier alpha value is -2.06. The topological polar surface area (TPSA) is 78.5 Å². The number of aliphatic hydroxyl groups excluding tert-OH is 1. The summed E-state index contributed by atoms with van der Waals surface area (Å²) in [6.07, 6.45) is 0.0645. The van der Waals surface area contributed by atoms with Crippen molar-refractivity contribution in [1.82, 2.24) is 14.9 Å². The quantitative estimate of drug-likeness (QED) is 0.532. The number of aromatic amines is 1. The molecule has 7 heteroatoms. The Morgan fingerprint density at radius 3 is 2.72 bits per heavy atom. The molecule has 0 saturated carbocycles. The van der Waals surface area contributed by atoms with Gasteiger partial charge in [-0.2, -0.15) is 0 Å². The van der Waals surface area contributed by atoms with Gasteiger partial charge in [0, 0.05) is 25.1 Å². The van der Waals surface area contributed by atoms with Crippen LogP contribution in [0.2, 0.25) is 0 Å². The average molecular weight is 416 g/mol. The molecular weight excluding hydrogens is 386 g/mol. The molecule has 3 aromatic rings. The van der Waals surface area contributed by atoms with Gasteiger partial charge < -0.3 is 14.8 Å². The Labute approximate surface area is 175 Å². The van der Waals surface area contributed by atoms with E-state index in [1.807, 2.05) is 36.4 Å². The predicted octanol–water partition coefficient (Wildman–Crippen LogP) is 3.16. The molecule has 0 aliphatic rings. The highest BCUT2D eigenvalue weighted by atomic mass is 32.1. The van der Waals surface area contributed by atoms with Gasteiger partial charge >= 0.3 is 0 Å². The zero-order chi connectivity index (χ0) is 20.8. The lowest BCUT2D eigenvalue weighted by molar-refractivity contribution is 0.0837. The minimum absolute atomic E-state index is 0.107. The third-order valence-corrected chi connectivity index (χ3v) is 6.14. The van der Waals surface area contributed by atoms with Crippen LogP contribution in [0.25, 0.3) is 10.2 Å². The number of nitrogens with zero attached hydrogens (tertiary/aromatic N) is 2. The van der Waals surface area contributed by atoms with Crippen LogP contribution >= 0.6 is 11.3 Å². The Balaban J connectivity index is 1.74. The average Bonchev–Trinajstić information content (AvgIpc) is 3.12. The van der Waals surface area contributed by atoms with E-state index >= 15 is 0 Å². The van der Waals surface area contributed by atoms with Crippen LogP contribution in [0.3, 0.4) is 0 Å². The molecule has 0 amide bonds. The number of nitrogens with one attached hydrogen (secondary N) is 1. The molecule has 2 N–H and O–H groups in total. The van der Waals surface area contributed by atoms with Crippen molar-refractivity contribution < 1.29 is 9.84 Å². The van der Waals surface area contributed by atoms with Crippen LogP contribution in [0.15, 0.2) is 41.2 Å². The van der Waals surface area contributed by atoms with Crippen molar-refractivity contribution in [2.75, 3.05) is 26.8 Å². The number of H-pyrrole nitrogens is 1. The molecule has 0 aliphatic carbocycles. The molecule has 0 fully saturated rings. The van der Waals surface area contributed by atoms with Crippen molar-refractivity contribution in [2.24, 2.45) is 0 Å². The van der Waals surface area contributed by atoms with Crippen molar-refractivity contribution in [3.8, 4) is 0 Å². The van der Waals surface area contributed by atoms with E-state index < -0.39 is 6.10 Å². The summed E-state index contributed by atoms with van der Waals surface area (Å²) in [5.74, 6) is 0.978. The van der Waals surface area contributed by atoms with Crippen LogP contribution in [0.5, 0.6) is 0 Å². The van der Waals surface area contributed by atoms with Crippen molar-refractivity contribution >= 4 is 21.6 Å². The summed E-state index contributed by atoms with van der Waals surface area (Å²) in [6, 6.07) is 11.9. The number of hydrogen-bond acceptors (Lipinski definition) is 6.